The molecule has 4 unspecified atom stereocenters. The van der Waals surface area contributed by atoms with Crippen molar-refractivity contribution in [2.75, 3.05) is 13.2 Å². The van der Waals surface area contributed by atoms with E-state index in [1.807, 2.05) is 84.9 Å². The van der Waals surface area contributed by atoms with Gasteiger partial charge >= 0.3 is 12.1 Å². The van der Waals surface area contributed by atoms with Gasteiger partial charge in [0.1, 0.15) is 31.6 Å². The second kappa shape index (κ2) is 24.2. The number of benzene rings is 3. The van der Waals surface area contributed by atoms with E-state index >= 15 is 0 Å². The van der Waals surface area contributed by atoms with E-state index in [1.165, 1.54) is 6.08 Å². The Morgan fingerprint density at radius 2 is 1.38 bits per heavy atom. The predicted octanol–water partition coefficient (Wildman–Crippen LogP) is 6.74. The summed E-state index contributed by atoms with van der Waals surface area (Å²) in [5, 5.41) is 18.6. The molecule has 11 nitrogen and oxygen atoms in total. The second-order valence-corrected chi connectivity index (χ2v) is 14.4. The maximum Gasteiger partial charge on any atom is 0.408 e. The summed E-state index contributed by atoms with van der Waals surface area (Å²) in [6, 6.07) is 24.5. The SMILES string of the molecule is C=CCC(CC(=O)NC(CO)Cc1ccc(OCc2ccccc2)cc1)C(=O)NC(COC(=O)C(CC=C)NC(=O)OCc1ccccc1)CC1CCCCC1. The summed E-state index contributed by atoms with van der Waals surface area (Å²) in [6.07, 6.45) is 8.98. The Morgan fingerprint density at radius 3 is 2.00 bits per heavy atom. The van der Waals surface area contributed by atoms with Gasteiger partial charge in [0, 0.05) is 6.42 Å². The number of amides is 3. The van der Waals surface area contributed by atoms with E-state index in [0.29, 0.717) is 31.1 Å². The third-order valence-corrected chi connectivity index (χ3v) is 9.80. The van der Waals surface area contributed by atoms with Gasteiger partial charge in [0.15, 0.2) is 0 Å². The van der Waals surface area contributed by atoms with Gasteiger partial charge in [-0.05, 0) is 60.4 Å². The highest BCUT2D eigenvalue weighted by Gasteiger charge is 2.29. The molecule has 0 bridgehead atoms. The van der Waals surface area contributed by atoms with Crippen molar-refractivity contribution < 1.29 is 38.5 Å². The minimum Gasteiger partial charge on any atom is -0.489 e. The number of aliphatic hydroxyl groups is 1. The molecule has 1 aliphatic rings. The molecule has 3 aromatic carbocycles. The zero-order valence-corrected chi connectivity index (χ0v) is 32.2. The fourth-order valence-electron chi connectivity index (χ4n) is 6.79. The summed E-state index contributed by atoms with van der Waals surface area (Å²) in [7, 11) is 0. The zero-order chi connectivity index (χ0) is 40.0. The fourth-order valence-corrected chi connectivity index (χ4v) is 6.79. The van der Waals surface area contributed by atoms with Gasteiger partial charge in [-0.3, -0.25) is 9.59 Å². The maximum atomic E-state index is 13.7. The topological polar surface area (TPSA) is 152 Å². The van der Waals surface area contributed by atoms with Crippen LogP contribution < -0.4 is 20.7 Å². The Labute approximate surface area is 330 Å². The van der Waals surface area contributed by atoms with Crippen molar-refractivity contribution >= 4 is 23.9 Å². The van der Waals surface area contributed by atoms with Gasteiger partial charge in [-0.2, -0.15) is 0 Å². The maximum absolute atomic E-state index is 13.7. The number of nitrogens with one attached hydrogen (secondary N) is 3. The number of hydrogen-bond donors (Lipinski definition) is 4. The van der Waals surface area contributed by atoms with Gasteiger partial charge in [0.05, 0.1) is 24.6 Å². The minimum absolute atomic E-state index is 0.0438. The number of esters is 1. The van der Waals surface area contributed by atoms with E-state index in [0.717, 1.165) is 48.8 Å². The molecule has 4 rings (SSSR count). The largest absolute Gasteiger partial charge is 0.489 e. The molecule has 0 heterocycles. The van der Waals surface area contributed by atoms with Crippen LogP contribution in [0.15, 0.2) is 110 Å². The molecule has 300 valence electrons. The summed E-state index contributed by atoms with van der Waals surface area (Å²) < 4.78 is 16.9. The smallest absolute Gasteiger partial charge is 0.408 e. The summed E-state index contributed by atoms with van der Waals surface area (Å²) in [4.78, 5) is 52.7. The van der Waals surface area contributed by atoms with E-state index in [1.54, 1.807) is 6.08 Å². The lowest BCUT2D eigenvalue weighted by Crippen LogP contribution is -2.47. The highest BCUT2D eigenvalue weighted by Crippen LogP contribution is 2.28. The summed E-state index contributed by atoms with van der Waals surface area (Å²) >= 11 is 0. The Morgan fingerprint density at radius 1 is 0.732 bits per heavy atom. The lowest BCUT2D eigenvalue weighted by atomic mass is 9.84. The van der Waals surface area contributed by atoms with Crippen LogP contribution in [0.1, 0.15) is 74.5 Å². The van der Waals surface area contributed by atoms with Crippen LogP contribution in [0.4, 0.5) is 4.79 Å². The molecule has 4 N–H and O–H groups in total. The number of hydrogen-bond acceptors (Lipinski definition) is 8. The van der Waals surface area contributed by atoms with Gasteiger partial charge in [-0.15, -0.1) is 13.2 Å². The summed E-state index contributed by atoms with van der Waals surface area (Å²) in [5.74, 6) is -1.07. The van der Waals surface area contributed by atoms with Gasteiger partial charge in [-0.25, -0.2) is 9.59 Å². The molecule has 0 spiro atoms. The standard InChI is InChI=1S/C45H57N3O8/c1-3-14-37(28-42(50)46-38(29-49)26-34-22-24-40(25-23-34)54-30-35-18-10-6-11-19-35)43(51)47-39(27-33-16-8-5-9-17-33)32-55-44(52)41(15-4-2)48-45(53)56-31-36-20-12-7-13-21-36/h3-4,6-7,10-13,18-25,33,37-39,41,49H,1-2,5,8-9,14-17,26-32H2,(H,46,50)(H,47,51)(H,48,53). The summed E-state index contributed by atoms with van der Waals surface area (Å²) in [5.41, 5.74) is 2.78. The number of allylic oxidation sites excluding steroid dienone is 1. The molecule has 4 atom stereocenters. The quantitative estimate of drug-likeness (QED) is 0.0612. The minimum atomic E-state index is -1.02. The van der Waals surface area contributed by atoms with Crippen LogP contribution in [0.3, 0.4) is 0 Å². The molecule has 0 aliphatic heterocycles. The van der Waals surface area contributed by atoms with Crippen molar-refractivity contribution in [2.45, 2.75) is 95.5 Å². The first-order valence-corrected chi connectivity index (χ1v) is 19.6. The van der Waals surface area contributed by atoms with Crippen molar-refractivity contribution in [3.05, 3.63) is 127 Å². The van der Waals surface area contributed by atoms with Gasteiger partial charge < -0.3 is 35.3 Å². The average Bonchev–Trinajstić information content (AvgIpc) is 3.22. The third-order valence-electron chi connectivity index (χ3n) is 9.80. The molecule has 1 saturated carbocycles. The molecular formula is C45H57N3O8. The Hall–Kier alpha value is -5.42. The van der Waals surface area contributed by atoms with Crippen molar-refractivity contribution in [3.63, 3.8) is 0 Å². The van der Waals surface area contributed by atoms with Crippen LogP contribution in [0.5, 0.6) is 5.75 Å². The van der Waals surface area contributed by atoms with Crippen molar-refractivity contribution in [1.29, 1.82) is 0 Å². The molecule has 1 fully saturated rings. The number of alkyl carbamates (subject to hydrolysis) is 1. The average molecular weight is 768 g/mol. The lowest BCUT2D eigenvalue weighted by molar-refractivity contribution is -0.147. The Bertz CT molecular complexity index is 1660. The number of ether oxygens (including phenoxy) is 3. The van der Waals surface area contributed by atoms with E-state index in [4.69, 9.17) is 14.2 Å². The molecular weight excluding hydrogens is 711 g/mol. The number of rotatable bonds is 23. The number of aliphatic hydroxyl groups excluding tert-OH is 1. The predicted molar refractivity (Wildman–Crippen MR) is 215 cm³/mol. The Kier molecular flexibility index (Phi) is 18.7. The highest BCUT2D eigenvalue weighted by molar-refractivity contribution is 5.86. The second-order valence-electron chi connectivity index (χ2n) is 14.4. The first-order valence-electron chi connectivity index (χ1n) is 19.6. The fraction of sp³-hybridized carbons (Fsp3) is 0.422. The molecule has 56 heavy (non-hydrogen) atoms. The van der Waals surface area contributed by atoms with Crippen LogP contribution in [0.2, 0.25) is 0 Å². The van der Waals surface area contributed by atoms with Crippen LogP contribution in [-0.2, 0) is 43.5 Å². The Balaban J connectivity index is 1.31. The van der Waals surface area contributed by atoms with Gasteiger partial charge in [0.2, 0.25) is 11.8 Å². The molecule has 0 aromatic heterocycles. The molecule has 3 aromatic rings. The molecule has 11 heteroatoms. The zero-order valence-electron chi connectivity index (χ0n) is 32.2. The monoisotopic (exact) mass is 767 g/mol. The van der Waals surface area contributed by atoms with E-state index in [-0.39, 0.29) is 50.9 Å². The van der Waals surface area contributed by atoms with Crippen LogP contribution in [0, 0.1) is 11.8 Å². The van der Waals surface area contributed by atoms with Crippen LogP contribution in [-0.4, -0.2) is 60.3 Å². The van der Waals surface area contributed by atoms with Crippen LogP contribution in [0.25, 0.3) is 0 Å². The van der Waals surface area contributed by atoms with Crippen molar-refractivity contribution in [2.24, 2.45) is 11.8 Å². The van der Waals surface area contributed by atoms with Crippen molar-refractivity contribution in [3.8, 4) is 5.75 Å². The third kappa shape index (κ3) is 15.7. The van der Waals surface area contributed by atoms with Crippen molar-refractivity contribution in [1.82, 2.24) is 16.0 Å². The number of carbonyl (C=O) groups is 4. The molecule has 3 amide bonds. The molecule has 1 aliphatic carbocycles. The van der Waals surface area contributed by atoms with E-state index < -0.39 is 36.1 Å². The van der Waals surface area contributed by atoms with Gasteiger partial charge in [0.25, 0.3) is 0 Å². The normalized spacial score (nSPS) is 14.9. The van der Waals surface area contributed by atoms with Gasteiger partial charge in [-0.1, -0.05) is 117 Å². The molecule has 0 radical (unpaired) electrons. The number of carbonyl (C=O) groups excluding carboxylic acids is 4. The van der Waals surface area contributed by atoms with Crippen LogP contribution >= 0.6 is 0 Å². The first-order chi connectivity index (χ1) is 27.3. The molecule has 0 saturated heterocycles. The summed E-state index contributed by atoms with van der Waals surface area (Å²) in [6.45, 7) is 7.61. The highest BCUT2D eigenvalue weighted by atomic mass is 16.6. The first kappa shape index (κ1) is 43.3. The lowest BCUT2D eigenvalue weighted by Gasteiger charge is -2.28. The van der Waals surface area contributed by atoms with E-state index in [9.17, 15) is 24.3 Å². The van der Waals surface area contributed by atoms with E-state index in [2.05, 4.69) is 29.1 Å².